The van der Waals surface area contributed by atoms with Gasteiger partial charge < -0.3 is 0 Å². The highest BCUT2D eigenvalue weighted by molar-refractivity contribution is 7.84. The molecule has 1 fully saturated rings. The molecule has 0 aromatic heterocycles. The molecular weight excluding hydrogens is 263 g/mol. The van der Waals surface area contributed by atoms with Crippen LogP contribution in [0, 0.1) is 27.7 Å². The lowest BCUT2D eigenvalue weighted by atomic mass is 10.0. The second kappa shape index (κ2) is 5.78. The van der Waals surface area contributed by atoms with Gasteiger partial charge in [0.15, 0.2) is 0 Å². The summed E-state index contributed by atoms with van der Waals surface area (Å²) < 4.78 is 0. The fraction of sp³-hybridized carbons (Fsp3) is 0.706. The predicted molar refractivity (Wildman–Crippen MR) is 93.3 cm³/mol. The lowest BCUT2D eigenvalue weighted by molar-refractivity contribution is 0.515. The molecule has 0 heterocycles. The maximum Gasteiger partial charge on any atom is 0.0337 e. The van der Waals surface area contributed by atoms with Crippen molar-refractivity contribution in [3.8, 4) is 0 Å². The van der Waals surface area contributed by atoms with Crippen LogP contribution in [0.25, 0.3) is 0 Å². The molecule has 1 unspecified atom stereocenters. The molecule has 1 aromatic rings. The lowest BCUT2D eigenvalue weighted by Gasteiger charge is -2.37. The highest BCUT2D eigenvalue weighted by atomic mass is 31.3. The van der Waals surface area contributed by atoms with Gasteiger partial charge in [-0.1, -0.05) is 60.1 Å². The van der Waals surface area contributed by atoms with Gasteiger partial charge >= 0.3 is 0 Å². The van der Waals surface area contributed by atoms with Crippen LogP contribution in [0.4, 0.5) is 0 Å². The van der Waals surface area contributed by atoms with Crippen molar-refractivity contribution in [2.24, 2.45) is 0 Å². The molecular formula is C17H30PSi-. The minimum Gasteiger partial charge on any atom is -0.197 e. The first-order valence-corrected chi connectivity index (χ1v) is 12.9. The largest absolute Gasteiger partial charge is 0.197 e. The predicted octanol–water partition coefficient (Wildman–Crippen LogP) is 5.06. The van der Waals surface area contributed by atoms with Gasteiger partial charge in [0.1, 0.15) is 0 Å². The molecule has 19 heavy (non-hydrogen) atoms. The molecule has 0 amide bonds. The van der Waals surface area contributed by atoms with Crippen molar-refractivity contribution in [3.63, 3.8) is 0 Å². The average molecular weight is 293 g/mol. The Morgan fingerprint density at radius 2 is 1.58 bits per heavy atom. The quantitative estimate of drug-likeness (QED) is 0.415. The first-order chi connectivity index (χ1) is 8.84. The van der Waals surface area contributed by atoms with Crippen molar-refractivity contribution in [1.29, 1.82) is 0 Å². The van der Waals surface area contributed by atoms with E-state index in [1.807, 2.05) is 0 Å². The monoisotopic (exact) mass is 293 g/mol. The van der Waals surface area contributed by atoms with Crippen molar-refractivity contribution < 1.29 is 0 Å². The van der Waals surface area contributed by atoms with Gasteiger partial charge in [0.05, 0.1) is 0 Å². The third kappa shape index (κ3) is 3.03. The summed E-state index contributed by atoms with van der Waals surface area (Å²) in [6.45, 7) is 14.6. The number of hydrogen-bond donors (Lipinski definition) is 0. The van der Waals surface area contributed by atoms with E-state index in [9.17, 15) is 0 Å². The summed E-state index contributed by atoms with van der Waals surface area (Å²) in [7, 11) is -0.0118. The van der Waals surface area contributed by atoms with E-state index >= 15 is 0 Å². The van der Waals surface area contributed by atoms with Crippen LogP contribution in [-0.4, -0.2) is 13.4 Å². The molecule has 0 spiro atoms. The van der Waals surface area contributed by atoms with Gasteiger partial charge in [-0.2, -0.15) is 27.4 Å². The van der Waals surface area contributed by atoms with Crippen LogP contribution < -0.4 is 5.19 Å². The van der Waals surface area contributed by atoms with Gasteiger partial charge in [-0.15, -0.1) is 8.13 Å². The zero-order valence-electron chi connectivity index (χ0n) is 13.6. The van der Waals surface area contributed by atoms with Gasteiger partial charge in [-0.25, -0.2) is 0 Å². The Hall–Kier alpha value is -0.00312. The summed E-state index contributed by atoms with van der Waals surface area (Å²) in [4.78, 5) is 0. The Bertz CT molecular complexity index is 425. The minimum absolute atomic E-state index is 1.05. The van der Waals surface area contributed by atoms with Gasteiger partial charge in [0, 0.05) is 7.74 Å². The number of rotatable bonds is 3. The number of hydrogen-bond acceptors (Lipinski definition) is 0. The van der Waals surface area contributed by atoms with E-state index in [4.69, 9.17) is 0 Å². The third-order valence-corrected chi connectivity index (χ3v) is 13.1. The second-order valence-electron chi connectivity index (χ2n) is 6.98. The van der Waals surface area contributed by atoms with E-state index < -0.39 is 7.74 Å². The molecule has 108 valence electrons. The van der Waals surface area contributed by atoms with Gasteiger partial charge in [-0.05, 0) is 18.5 Å². The van der Waals surface area contributed by atoms with E-state index in [1.165, 1.54) is 40.2 Å². The minimum atomic E-state index is -1.24. The summed E-state index contributed by atoms with van der Waals surface area (Å²) in [5, 5.41) is 1.80. The molecule has 2 heteroatoms. The fourth-order valence-corrected chi connectivity index (χ4v) is 13.6. The molecule has 0 nitrogen and oxygen atoms in total. The Balaban J connectivity index is 2.25. The third-order valence-electron chi connectivity index (χ3n) is 5.23. The molecule has 1 atom stereocenters. The molecule has 1 aliphatic rings. The van der Waals surface area contributed by atoms with Crippen LogP contribution in [0.3, 0.4) is 0 Å². The maximum atomic E-state index is 2.62. The molecule has 0 aliphatic heterocycles. The van der Waals surface area contributed by atoms with Crippen molar-refractivity contribution in [2.45, 2.75) is 78.6 Å². The summed E-state index contributed by atoms with van der Waals surface area (Å²) in [6.07, 6.45) is 7.46. The summed E-state index contributed by atoms with van der Waals surface area (Å²) in [6, 6.07) is 0. The molecule has 0 radical (unpaired) electrons. The fourth-order valence-electron chi connectivity index (χ4n) is 3.99. The van der Waals surface area contributed by atoms with E-state index in [1.54, 1.807) is 27.4 Å². The van der Waals surface area contributed by atoms with Gasteiger partial charge in [-0.3, -0.25) is 0 Å². The van der Waals surface area contributed by atoms with Crippen LogP contribution >= 0.6 is 8.13 Å². The van der Waals surface area contributed by atoms with Crippen LogP contribution in [0.15, 0.2) is 0 Å². The van der Waals surface area contributed by atoms with E-state index in [-0.39, 0.29) is 0 Å². The molecule has 1 aromatic carbocycles. The Morgan fingerprint density at radius 1 is 1.00 bits per heavy atom. The van der Waals surface area contributed by atoms with Crippen LogP contribution in [-0.2, 0) is 0 Å². The van der Waals surface area contributed by atoms with E-state index in [0.717, 1.165) is 5.66 Å². The van der Waals surface area contributed by atoms with Crippen molar-refractivity contribution >= 4 is 21.1 Å². The van der Waals surface area contributed by atoms with Crippen molar-refractivity contribution in [2.75, 3.05) is 0 Å². The highest BCUT2D eigenvalue weighted by Crippen LogP contribution is 2.41. The molecule has 0 bridgehead atoms. The van der Waals surface area contributed by atoms with Crippen molar-refractivity contribution in [1.82, 2.24) is 0 Å². The molecule has 0 N–H and O–H groups in total. The Kier molecular flexibility index (Phi) is 4.68. The molecule has 0 saturated heterocycles. The zero-order valence-corrected chi connectivity index (χ0v) is 15.6. The smallest absolute Gasteiger partial charge is 0.0337 e. The second-order valence-corrected chi connectivity index (χ2v) is 16.5. The maximum absolute atomic E-state index is 2.62. The van der Waals surface area contributed by atoms with E-state index in [0.29, 0.717) is 0 Å². The first-order valence-electron chi connectivity index (χ1n) is 7.86. The zero-order chi connectivity index (χ0) is 14.2. The van der Waals surface area contributed by atoms with Crippen LogP contribution in [0.1, 0.15) is 54.4 Å². The Morgan fingerprint density at radius 3 is 2.05 bits per heavy atom. The van der Waals surface area contributed by atoms with Gasteiger partial charge in [0.25, 0.3) is 0 Å². The first kappa shape index (κ1) is 15.4. The van der Waals surface area contributed by atoms with Crippen molar-refractivity contribution in [3.05, 3.63) is 22.3 Å². The summed E-state index contributed by atoms with van der Waals surface area (Å²) in [5.41, 5.74) is 7.40. The SMILES string of the molecule is Cc1c([Si](C)(C)PC2CCCCC2)c(C)[c-](C)c1C. The molecule has 1 aliphatic carbocycles. The van der Waals surface area contributed by atoms with E-state index in [2.05, 4.69) is 40.8 Å². The summed E-state index contributed by atoms with van der Waals surface area (Å²) >= 11 is 0. The topological polar surface area (TPSA) is 0 Å². The normalized spacial score (nSPS) is 18.6. The van der Waals surface area contributed by atoms with Crippen LogP contribution in [0.2, 0.25) is 13.1 Å². The summed E-state index contributed by atoms with van der Waals surface area (Å²) in [5.74, 6) is 0. The standard InChI is InChI=1S/C17H30PSi/c1-12-13(2)15(4)17(14(12)3)19(5,6)18-16-10-8-7-9-11-16/h16,18H,7-11H2,1-6H3/q-1. The molecule has 1 saturated carbocycles. The average Bonchev–Trinajstić information content (AvgIpc) is 2.55. The lowest BCUT2D eigenvalue weighted by Crippen LogP contribution is -2.41. The van der Waals surface area contributed by atoms with Gasteiger partial charge in [0.2, 0.25) is 0 Å². The Labute approximate surface area is 122 Å². The highest BCUT2D eigenvalue weighted by Gasteiger charge is 2.26. The molecule has 2 rings (SSSR count). The van der Waals surface area contributed by atoms with Crippen LogP contribution in [0.5, 0.6) is 0 Å².